The highest BCUT2D eigenvalue weighted by Crippen LogP contribution is 2.17. The van der Waals surface area contributed by atoms with E-state index in [1.165, 1.54) is 11.1 Å². The summed E-state index contributed by atoms with van der Waals surface area (Å²) < 4.78 is 5.60. The van der Waals surface area contributed by atoms with Crippen molar-refractivity contribution in [1.29, 1.82) is 0 Å². The summed E-state index contributed by atoms with van der Waals surface area (Å²) in [5.74, 6) is 0.934. The maximum Gasteiger partial charge on any atom is 0.119 e. The molecule has 0 saturated heterocycles. The van der Waals surface area contributed by atoms with E-state index in [0.29, 0.717) is 0 Å². The molecule has 0 aliphatic heterocycles. The molecule has 0 spiro atoms. The molecule has 0 bridgehead atoms. The van der Waals surface area contributed by atoms with Gasteiger partial charge in [-0.25, -0.2) is 0 Å². The van der Waals surface area contributed by atoms with E-state index in [1.807, 2.05) is 26.0 Å². The van der Waals surface area contributed by atoms with Crippen LogP contribution < -0.4 is 4.74 Å². The first-order valence-corrected chi connectivity index (χ1v) is 6.80. The Bertz CT molecular complexity index is 332. The van der Waals surface area contributed by atoms with Gasteiger partial charge in [0.25, 0.3) is 0 Å². The Kier molecular flexibility index (Phi) is 5.61. The summed E-state index contributed by atoms with van der Waals surface area (Å²) in [4.78, 5) is 0. The highest BCUT2D eigenvalue weighted by atomic mass is 79.9. The number of allylic oxidation sites excluding steroid dienone is 1. The Balaban J connectivity index is 2.74. The molecule has 2 heteroatoms. The van der Waals surface area contributed by atoms with Gasteiger partial charge in [0.1, 0.15) is 5.75 Å². The monoisotopic (exact) mass is 282 g/mol. The lowest BCUT2D eigenvalue weighted by molar-refractivity contribution is 0.242. The van der Waals surface area contributed by atoms with Crippen molar-refractivity contribution in [2.24, 2.45) is 0 Å². The van der Waals surface area contributed by atoms with Crippen molar-refractivity contribution in [3.8, 4) is 5.75 Å². The number of halogens is 1. The van der Waals surface area contributed by atoms with Crippen LogP contribution in [-0.4, -0.2) is 11.4 Å². The maximum atomic E-state index is 5.60. The van der Waals surface area contributed by atoms with Crippen LogP contribution in [0.25, 0.3) is 6.08 Å². The van der Waals surface area contributed by atoms with Crippen LogP contribution in [0.4, 0.5) is 0 Å². The fourth-order valence-electron chi connectivity index (χ4n) is 1.39. The van der Waals surface area contributed by atoms with Crippen molar-refractivity contribution in [3.63, 3.8) is 0 Å². The van der Waals surface area contributed by atoms with Gasteiger partial charge in [0.2, 0.25) is 0 Å². The van der Waals surface area contributed by atoms with Crippen molar-refractivity contribution in [2.45, 2.75) is 33.3 Å². The van der Waals surface area contributed by atoms with Gasteiger partial charge in [-0.15, -0.1) is 0 Å². The molecule has 0 amide bonds. The topological polar surface area (TPSA) is 9.23 Å². The maximum absolute atomic E-state index is 5.60. The van der Waals surface area contributed by atoms with Crippen LogP contribution in [0.3, 0.4) is 0 Å². The molecule has 0 unspecified atom stereocenters. The molecule has 16 heavy (non-hydrogen) atoms. The molecule has 88 valence electrons. The van der Waals surface area contributed by atoms with E-state index in [0.717, 1.165) is 17.5 Å². The van der Waals surface area contributed by atoms with Gasteiger partial charge in [-0.05, 0) is 38.0 Å². The minimum absolute atomic E-state index is 0.232. The fourth-order valence-corrected chi connectivity index (χ4v) is 1.94. The Morgan fingerprint density at radius 3 is 2.38 bits per heavy atom. The summed E-state index contributed by atoms with van der Waals surface area (Å²) >= 11 is 3.49. The quantitative estimate of drug-likeness (QED) is 0.714. The van der Waals surface area contributed by atoms with Gasteiger partial charge in [0.05, 0.1) is 6.10 Å². The summed E-state index contributed by atoms with van der Waals surface area (Å²) in [6.45, 7) is 6.24. The molecule has 0 fully saturated rings. The van der Waals surface area contributed by atoms with Crippen LogP contribution in [0.5, 0.6) is 5.75 Å². The molecule has 1 aromatic carbocycles. The van der Waals surface area contributed by atoms with Gasteiger partial charge < -0.3 is 4.74 Å². The smallest absolute Gasteiger partial charge is 0.119 e. The average molecular weight is 283 g/mol. The Morgan fingerprint density at radius 2 is 1.94 bits per heavy atom. The van der Waals surface area contributed by atoms with E-state index in [9.17, 15) is 0 Å². The summed E-state index contributed by atoms with van der Waals surface area (Å²) in [7, 11) is 0. The zero-order chi connectivity index (χ0) is 12.0. The second-order valence-electron chi connectivity index (χ2n) is 4.03. The molecular weight excluding hydrogens is 264 g/mol. The van der Waals surface area contributed by atoms with E-state index >= 15 is 0 Å². The number of hydrogen-bond donors (Lipinski definition) is 0. The lowest BCUT2D eigenvalue weighted by Gasteiger charge is -2.09. The third-order valence-electron chi connectivity index (χ3n) is 2.25. The first kappa shape index (κ1) is 13.3. The molecule has 1 aromatic rings. The van der Waals surface area contributed by atoms with E-state index < -0.39 is 0 Å². The number of ether oxygens (including phenoxy) is 1. The van der Waals surface area contributed by atoms with E-state index in [1.54, 1.807) is 0 Å². The molecule has 1 rings (SSSR count). The lowest BCUT2D eigenvalue weighted by atomic mass is 10.1. The summed E-state index contributed by atoms with van der Waals surface area (Å²) in [6, 6.07) is 8.23. The van der Waals surface area contributed by atoms with Crippen molar-refractivity contribution >= 4 is 22.0 Å². The fraction of sp³-hybridized carbons (Fsp3) is 0.429. The molecule has 0 heterocycles. The average Bonchev–Trinajstić information content (AvgIpc) is 2.27. The number of benzene rings is 1. The van der Waals surface area contributed by atoms with Crippen LogP contribution in [0.2, 0.25) is 0 Å². The van der Waals surface area contributed by atoms with Crippen LogP contribution >= 0.6 is 15.9 Å². The molecule has 0 atom stereocenters. The van der Waals surface area contributed by atoms with Gasteiger partial charge in [0, 0.05) is 5.33 Å². The predicted octanol–water partition coefficient (Wildman–Crippen LogP) is 4.66. The number of rotatable bonds is 5. The molecule has 0 saturated carbocycles. The molecule has 0 aromatic heterocycles. The third-order valence-corrected chi connectivity index (χ3v) is 2.97. The van der Waals surface area contributed by atoms with Crippen molar-refractivity contribution in [1.82, 2.24) is 0 Å². The number of hydrogen-bond acceptors (Lipinski definition) is 1. The number of alkyl halides is 1. The molecule has 1 nitrogen and oxygen atoms in total. The van der Waals surface area contributed by atoms with Crippen LogP contribution in [0.1, 0.15) is 32.8 Å². The van der Waals surface area contributed by atoms with Crippen LogP contribution in [-0.2, 0) is 0 Å². The highest BCUT2D eigenvalue weighted by molar-refractivity contribution is 9.09. The van der Waals surface area contributed by atoms with Crippen molar-refractivity contribution in [2.75, 3.05) is 5.33 Å². The van der Waals surface area contributed by atoms with Gasteiger partial charge in [-0.2, -0.15) is 0 Å². The summed E-state index contributed by atoms with van der Waals surface area (Å²) in [6.07, 6.45) is 3.53. The van der Waals surface area contributed by atoms with Gasteiger partial charge >= 0.3 is 0 Å². The summed E-state index contributed by atoms with van der Waals surface area (Å²) in [5, 5.41) is 0.938. The van der Waals surface area contributed by atoms with Crippen LogP contribution in [0, 0.1) is 0 Å². The largest absolute Gasteiger partial charge is 0.491 e. The standard InChI is InChI=1S/C14H19BrO/c1-4-12(10-15)9-13-5-7-14(8-6-13)16-11(2)3/h5-9,11H,4,10H2,1-3H3. The molecule has 0 N–H and O–H groups in total. The summed E-state index contributed by atoms with van der Waals surface area (Å²) in [5.41, 5.74) is 2.63. The lowest BCUT2D eigenvalue weighted by Crippen LogP contribution is -2.05. The van der Waals surface area contributed by atoms with Gasteiger partial charge in [0.15, 0.2) is 0 Å². The molecule has 0 radical (unpaired) electrons. The zero-order valence-electron chi connectivity index (χ0n) is 10.2. The Hall–Kier alpha value is -0.760. The first-order chi connectivity index (χ1) is 7.65. The van der Waals surface area contributed by atoms with E-state index in [4.69, 9.17) is 4.74 Å². The Labute approximate surface area is 107 Å². The predicted molar refractivity (Wildman–Crippen MR) is 74.3 cm³/mol. The second-order valence-corrected chi connectivity index (χ2v) is 4.59. The van der Waals surface area contributed by atoms with E-state index in [-0.39, 0.29) is 6.10 Å². The minimum atomic E-state index is 0.232. The zero-order valence-corrected chi connectivity index (χ0v) is 11.8. The highest BCUT2D eigenvalue weighted by Gasteiger charge is 1.97. The normalized spacial score (nSPS) is 11.9. The molecule has 0 aliphatic rings. The SMILES string of the molecule is CCC(=Cc1ccc(OC(C)C)cc1)CBr. The van der Waals surface area contributed by atoms with E-state index in [2.05, 4.69) is 41.1 Å². The van der Waals surface area contributed by atoms with Crippen molar-refractivity contribution in [3.05, 3.63) is 35.4 Å². The first-order valence-electron chi connectivity index (χ1n) is 5.67. The minimum Gasteiger partial charge on any atom is -0.491 e. The van der Waals surface area contributed by atoms with Crippen LogP contribution in [0.15, 0.2) is 29.8 Å². The van der Waals surface area contributed by atoms with Crippen molar-refractivity contribution < 1.29 is 4.74 Å². The molecule has 0 aliphatic carbocycles. The Morgan fingerprint density at radius 1 is 1.31 bits per heavy atom. The third kappa shape index (κ3) is 4.40. The molecular formula is C14H19BrO. The van der Waals surface area contributed by atoms with Gasteiger partial charge in [-0.3, -0.25) is 0 Å². The second kappa shape index (κ2) is 6.74. The van der Waals surface area contributed by atoms with Gasteiger partial charge in [-0.1, -0.05) is 46.6 Å².